The smallest absolute Gasteiger partial charge is 0.326 e. The summed E-state index contributed by atoms with van der Waals surface area (Å²) in [6.07, 6.45) is 11.1. The van der Waals surface area contributed by atoms with Crippen molar-refractivity contribution >= 4 is 29.6 Å². The number of ether oxygens (including phenoxy) is 2. The summed E-state index contributed by atoms with van der Waals surface area (Å²) >= 11 is 0. The van der Waals surface area contributed by atoms with Crippen LogP contribution in [0.15, 0.2) is 36.0 Å². The largest absolute Gasteiger partial charge is 0.480 e. The first-order chi connectivity index (χ1) is 25.0. The van der Waals surface area contributed by atoms with Crippen LogP contribution in [0.1, 0.15) is 87.0 Å². The van der Waals surface area contributed by atoms with Gasteiger partial charge >= 0.3 is 5.97 Å². The number of amides is 4. The fourth-order valence-corrected chi connectivity index (χ4v) is 7.55. The molecule has 2 rings (SSSR count). The second kappa shape index (κ2) is 22.0. The van der Waals surface area contributed by atoms with Gasteiger partial charge < -0.3 is 40.3 Å². The van der Waals surface area contributed by atoms with Gasteiger partial charge in [0.05, 0.1) is 42.7 Å². The van der Waals surface area contributed by atoms with Gasteiger partial charge in [-0.05, 0) is 49.6 Å². The van der Waals surface area contributed by atoms with Crippen molar-refractivity contribution < 1.29 is 38.6 Å². The maximum atomic E-state index is 14.1. The molecule has 8 unspecified atom stereocenters. The number of carbonyl (C=O) groups is 5. The molecule has 1 fully saturated rings. The van der Waals surface area contributed by atoms with Crippen LogP contribution in [-0.2, 0) is 33.4 Å². The molecule has 0 aromatic rings. The molecule has 4 amide bonds. The van der Waals surface area contributed by atoms with E-state index in [0.717, 1.165) is 18.4 Å². The monoisotopic (exact) mass is 745 g/mol. The lowest BCUT2D eigenvalue weighted by molar-refractivity contribution is -0.148. The minimum atomic E-state index is -1.13. The zero-order valence-corrected chi connectivity index (χ0v) is 33.9. The molecule has 0 aromatic carbocycles. The number of likely N-dealkylation sites (N-methyl/N-ethyl adjacent to an activating group) is 2. The van der Waals surface area contributed by atoms with Crippen LogP contribution in [0.5, 0.6) is 0 Å². The molecule has 0 bridgehead atoms. The molecule has 0 spiro atoms. The van der Waals surface area contributed by atoms with Crippen molar-refractivity contribution in [3.63, 3.8) is 0 Å². The second-order valence-corrected chi connectivity index (χ2v) is 15.2. The number of carboxylic acids is 1. The predicted octanol–water partition coefficient (Wildman–Crippen LogP) is 3.69. The van der Waals surface area contributed by atoms with Gasteiger partial charge in [-0.2, -0.15) is 0 Å². The lowest BCUT2D eigenvalue weighted by Gasteiger charge is -2.41. The number of rotatable bonds is 21. The van der Waals surface area contributed by atoms with Crippen LogP contribution in [0.25, 0.3) is 0 Å². The van der Waals surface area contributed by atoms with E-state index in [9.17, 15) is 29.1 Å². The summed E-state index contributed by atoms with van der Waals surface area (Å²) in [5.41, 5.74) is 0.795. The first-order valence-corrected chi connectivity index (χ1v) is 19.2. The van der Waals surface area contributed by atoms with E-state index in [-0.39, 0.29) is 48.3 Å². The number of nitrogens with zero attached hydrogens (tertiary/aromatic N) is 2. The number of hydrogen-bond acceptors (Lipinski definition) is 8. The summed E-state index contributed by atoms with van der Waals surface area (Å²) in [4.78, 5) is 70.5. The van der Waals surface area contributed by atoms with Crippen LogP contribution >= 0.6 is 0 Å². The number of carbonyl (C=O) groups excluding carboxylic acids is 4. The third kappa shape index (κ3) is 12.5. The zero-order chi connectivity index (χ0) is 40.0. The molecular weight excluding hydrogens is 678 g/mol. The standard InChI is InChI=1S/C40H67N5O8/c1-12-26(6)35(44(9)39(49)34(25(4)5)43-38(48)33(41-8)24(2)3)31(52-10)23-32(46)45-21-17-20-30(45)36(53-11)27(7)37(47)42-29(40(50)51)22-28-18-15-13-14-16-19-28/h13,15-16,18-19,24-27,29-31,33-36,41H,12,14,17,20-23H2,1-11H3,(H,42,47)(H,43,48)(H,50,51)/t26?,27?,29?,30?,31?,33?,34-,35?,36?/m0/s1. The van der Waals surface area contributed by atoms with Crippen LogP contribution in [0, 0.1) is 23.7 Å². The molecule has 0 radical (unpaired) electrons. The topological polar surface area (TPSA) is 167 Å². The minimum absolute atomic E-state index is 0.0112. The highest BCUT2D eigenvalue weighted by molar-refractivity contribution is 5.90. The number of aliphatic carboxylic acids is 1. The lowest BCUT2D eigenvalue weighted by Crippen LogP contribution is -2.59. The third-order valence-corrected chi connectivity index (χ3v) is 10.9. The minimum Gasteiger partial charge on any atom is -0.480 e. The van der Waals surface area contributed by atoms with E-state index < -0.39 is 60.2 Å². The van der Waals surface area contributed by atoms with Crippen LogP contribution < -0.4 is 16.0 Å². The molecule has 300 valence electrons. The molecule has 13 nitrogen and oxygen atoms in total. The van der Waals surface area contributed by atoms with Crippen LogP contribution in [0.3, 0.4) is 0 Å². The van der Waals surface area contributed by atoms with Crippen molar-refractivity contribution in [1.29, 1.82) is 0 Å². The van der Waals surface area contributed by atoms with E-state index >= 15 is 0 Å². The van der Waals surface area contributed by atoms with Gasteiger partial charge in [-0.1, -0.05) is 85.3 Å². The van der Waals surface area contributed by atoms with Crippen molar-refractivity contribution in [2.24, 2.45) is 23.7 Å². The third-order valence-electron chi connectivity index (χ3n) is 10.9. The van der Waals surface area contributed by atoms with Gasteiger partial charge in [-0.15, -0.1) is 0 Å². The Morgan fingerprint density at radius 1 is 0.962 bits per heavy atom. The summed E-state index contributed by atoms with van der Waals surface area (Å²) in [5, 5.41) is 18.6. The summed E-state index contributed by atoms with van der Waals surface area (Å²) in [7, 11) is 6.47. The maximum Gasteiger partial charge on any atom is 0.326 e. The number of hydrogen-bond donors (Lipinski definition) is 4. The van der Waals surface area contributed by atoms with Gasteiger partial charge in [0.2, 0.25) is 23.6 Å². The fraction of sp³-hybridized carbons (Fsp3) is 0.725. The van der Waals surface area contributed by atoms with E-state index in [2.05, 4.69) is 16.0 Å². The molecule has 53 heavy (non-hydrogen) atoms. The number of carboxylic acid groups (broad SMARTS) is 1. The van der Waals surface area contributed by atoms with Crippen molar-refractivity contribution in [2.45, 2.75) is 129 Å². The molecule has 1 aliphatic carbocycles. The predicted molar refractivity (Wildman–Crippen MR) is 206 cm³/mol. The highest BCUT2D eigenvalue weighted by Gasteiger charge is 2.43. The quantitative estimate of drug-likeness (QED) is 0.137. The molecule has 1 aliphatic heterocycles. The number of methoxy groups -OCH3 is 2. The van der Waals surface area contributed by atoms with Gasteiger partial charge in [0.25, 0.3) is 0 Å². The number of allylic oxidation sites excluding steroid dienone is 5. The Balaban J connectivity index is 2.26. The molecule has 2 aliphatic rings. The highest BCUT2D eigenvalue weighted by atomic mass is 16.5. The van der Waals surface area contributed by atoms with Gasteiger partial charge in [0.1, 0.15) is 12.1 Å². The normalized spacial score (nSPS) is 20.4. The fourth-order valence-electron chi connectivity index (χ4n) is 7.55. The molecule has 1 heterocycles. The Bertz CT molecular complexity index is 1330. The van der Waals surface area contributed by atoms with E-state index in [4.69, 9.17) is 9.47 Å². The summed E-state index contributed by atoms with van der Waals surface area (Å²) in [6, 6.07) is -3.27. The van der Waals surface area contributed by atoms with Crippen molar-refractivity contribution in [3.8, 4) is 0 Å². The van der Waals surface area contributed by atoms with Gasteiger partial charge in [-0.3, -0.25) is 19.2 Å². The Kier molecular flexibility index (Phi) is 18.9. The van der Waals surface area contributed by atoms with Crippen LogP contribution in [-0.4, -0.2) is 122 Å². The van der Waals surface area contributed by atoms with Gasteiger partial charge in [0, 0.05) is 34.2 Å². The molecule has 1 saturated heterocycles. The Morgan fingerprint density at radius 2 is 1.62 bits per heavy atom. The Morgan fingerprint density at radius 3 is 2.17 bits per heavy atom. The average molecular weight is 746 g/mol. The molecule has 0 saturated carbocycles. The summed E-state index contributed by atoms with van der Waals surface area (Å²) in [6.45, 7) is 13.9. The van der Waals surface area contributed by atoms with E-state index in [1.54, 1.807) is 30.8 Å². The second-order valence-electron chi connectivity index (χ2n) is 15.2. The van der Waals surface area contributed by atoms with Crippen molar-refractivity contribution in [2.75, 3.05) is 34.9 Å². The highest BCUT2D eigenvalue weighted by Crippen LogP contribution is 2.30. The van der Waals surface area contributed by atoms with E-state index in [1.807, 2.05) is 71.9 Å². The SMILES string of the molecule is CCC(C)C(C(CC(=O)N1CCCC1C(OC)C(C)C(=O)NC(CC1=CC=CCC=C1)C(=O)O)OC)N(C)C(=O)[C@@H](NC(=O)C(NC)C(C)C)C(C)C. The molecule has 0 aromatic heterocycles. The molecule has 9 atom stereocenters. The first kappa shape index (κ1) is 45.6. The van der Waals surface area contributed by atoms with Gasteiger partial charge in [0.15, 0.2) is 0 Å². The molecule has 4 N–H and O–H groups in total. The van der Waals surface area contributed by atoms with Crippen molar-refractivity contribution in [3.05, 3.63) is 36.0 Å². The first-order valence-electron chi connectivity index (χ1n) is 19.2. The van der Waals surface area contributed by atoms with E-state index in [1.165, 1.54) is 14.2 Å². The number of nitrogens with one attached hydrogen (secondary N) is 3. The Labute approximate surface area is 317 Å². The molecular formula is C40H67N5O8. The lowest BCUT2D eigenvalue weighted by atomic mass is 9.89. The Hall–Kier alpha value is -3.55. The number of likely N-dealkylation sites (tertiary alicyclic amines) is 1. The van der Waals surface area contributed by atoms with Crippen molar-refractivity contribution in [1.82, 2.24) is 25.8 Å². The maximum absolute atomic E-state index is 14.1. The van der Waals surface area contributed by atoms with Crippen LogP contribution in [0.4, 0.5) is 0 Å². The average Bonchev–Trinajstić information content (AvgIpc) is 3.45. The zero-order valence-electron chi connectivity index (χ0n) is 33.9. The molecule has 13 heteroatoms. The van der Waals surface area contributed by atoms with Crippen LogP contribution in [0.2, 0.25) is 0 Å². The van der Waals surface area contributed by atoms with Gasteiger partial charge in [-0.25, -0.2) is 4.79 Å². The van der Waals surface area contributed by atoms with E-state index in [0.29, 0.717) is 19.4 Å². The summed E-state index contributed by atoms with van der Waals surface area (Å²) in [5.74, 6) is -3.26. The summed E-state index contributed by atoms with van der Waals surface area (Å²) < 4.78 is 11.9.